The summed E-state index contributed by atoms with van der Waals surface area (Å²) in [6, 6.07) is 25.3. The molecule has 1 heterocycles. The van der Waals surface area contributed by atoms with E-state index in [1.807, 2.05) is 6.07 Å². The molecular formula is C28H26O3S. The van der Waals surface area contributed by atoms with Gasteiger partial charge in [-0.05, 0) is 52.4 Å². The Hall–Kier alpha value is -3.37. The van der Waals surface area contributed by atoms with Gasteiger partial charge in [0.25, 0.3) is 0 Å². The Balaban J connectivity index is 1.49. The van der Waals surface area contributed by atoms with Gasteiger partial charge in [-0.25, -0.2) is 4.79 Å². The molecular weight excluding hydrogens is 416 g/mol. The Morgan fingerprint density at radius 3 is 2.59 bits per heavy atom. The van der Waals surface area contributed by atoms with Gasteiger partial charge in [0.05, 0.1) is 13.2 Å². The molecule has 3 aromatic carbocycles. The van der Waals surface area contributed by atoms with E-state index < -0.39 is 0 Å². The van der Waals surface area contributed by atoms with Crippen molar-refractivity contribution in [2.45, 2.75) is 19.8 Å². The standard InChI is InChI=1S/C28H26O3S/c1-2-30-28(29)14-13-24-12-10-22(19-26-8-5-17-32-26)20-27(24)31-16-15-21-9-11-23-6-3-4-7-25(23)18-21/h3-14,17-18,20H,2,15-16,19H2,1H3. The van der Waals surface area contributed by atoms with Crippen LogP contribution in [0.2, 0.25) is 0 Å². The van der Waals surface area contributed by atoms with Gasteiger partial charge in [0.15, 0.2) is 0 Å². The van der Waals surface area contributed by atoms with Crippen LogP contribution in [0.5, 0.6) is 5.75 Å². The van der Waals surface area contributed by atoms with Gasteiger partial charge in [-0.1, -0.05) is 60.7 Å². The SMILES string of the molecule is CCOC(=O)C=Cc1ccc(Cc2cccs2)cc1OCCc1ccc2ccccc2c1. The first-order valence-electron chi connectivity index (χ1n) is 10.8. The highest BCUT2D eigenvalue weighted by Crippen LogP contribution is 2.25. The van der Waals surface area contributed by atoms with Crippen LogP contribution in [0.3, 0.4) is 0 Å². The number of carbonyl (C=O) groups is 1. The second kappa shape index (κ2) is 10.8. The number of rotatable bonds is 9. The zero-order chi connectivity index (χ0) is 22.2. The number of hydrogen-bond donors (Lipinski definition) is 0. The first-order chi connectivity index (χ1) is 15.7. The van der Waals surface area contributed by atoms with E-state index in [1.165, 1.54) is 32.9 Å². The van der Waals surface area contributed by atoms with Crippen molar-refractivity contribution in [3.8, 4) is 5.75 Å². The molecule has 4 aromatic rings. The number of benzene rings is 3. The number of fused-ring (bicyclic) bond motifs is 1. The molecule has 162 valence electrons. The third-order valence-corrected chi connectivity index (χ3v) is 6.06. The highest BCUT2D eigenvalue weighted by Gasteiger charge is 2.07. The van der Waals surface area contributed by atoms with Crippen molar-refractivity contribution in [3.63, 3.8) is 0 Å². The van der Waals surface area contributed by atoms with Crippen molar-refractivity contribution in [1.29, 1.82) is 0 Å². The number of ether oxygens (including phenoxy) is 2. The average Bonchev–Trinajstić information content (AvgIpc) is 3.32. The van der Waals surface area contributed by atoms with E-state index in [0.29, 0.717) is 13.2 Å². The van der Waals surface area contributed by atoms with Crippen LogP contribution in [0.4, 0.5) is 0 Å². The molecule has 0 fully saturated rings. The molecule has 0 aliphatic rings. The van der Waals surface area contributed by atoms with Crippen LogP contribution in [0.15, 0.2) is 84.3 Å². The minimum atomic E-state index is -0.350. The van der Waals surface area contributed by atoms with Crippen molar-refractivity contribution in [2.24, 2.45) is 0 Å². The van der Waals surface area contributed by atoms with Crippen molar-refractivity contribution in [1.82, 2.24) is 0 Å². The Bertz CT molecular complexity index is 1210. The van der Waals surface area contributed by atoms with Gasteiger partial charge in [-0.2, -0.15) is 0 Å². The molecule has 0 radical (unpaired) electrons. The fourth-order valence-corrected chi connectivity index (χ4v) is 4.33. The number of esters is 1. The maximum absolute atomic E-state index is 11.8. The third-order valence-electron chi connectivity index (χ3n) is 5.18. The predicted molar refractivity (Wildman–Crippen MR) is 132 cm³/mol. The van der Waals surface area contributed by atoms with Gasteiger partial charge in [-0.3, -0.25) is 0 Å². The molecule has 0 aliphatic carbocycles. The van der Waals surface area contributed by atoms with Crippen molar-refractivity contribution in [3.05, 3.63) is 106 Å². The molecule has 0 saturated heterocycles. The monoisotopic (exact) mass is 442 g/mol. The Morgan fingerprint density at radius 2 is 1.78 bits per heavy atom. The number of thiophene rings is 1. The summed E-state index contributed by atoms with van der Waals surface area (Å²) in [4.78, 5) is 13.1. The van der Waals surface area contributed by atoms with E-state index in [-0.39, 0.29) is 5.97 Å². The lowest BCUT2D eigenvalue weighted by Crippen LogP contribution is -2.04. The fraction of sp³-hybridized carbons (Fsp3) is 0.179. The second-order valence-electron chi connectivity index (χ2n) is 7.49. The van der Waals surface area contributed by atoms with Gasteiger partial charge < -0.3 is 9.47 Å². The van der Waals surface area contributed by atoms with E-state index in [4.69, 9.17) is 9.47 Å². The first-order valence-corrected chi connectivity index (χ1v) is 11.7. The highest BCUT2D eigenvalue weighted by atomic mass is 32.1. The first kappa shape index (κ1) is 21.8. The molecule has 0 aliphatic heterocycles. The van der Waals surface area contributed by atoms with Crippen LogP contribution >= 0.6 is 11.3 Å². The lowest BCUT2D eigenvalue weighted by Gasteiger charge is -2.12. The van der Waals surface area contributed by atoms with Crippen LogP contribution in [0, 0.1) is 0 Å². The summed E-state index contributed by atoms with van der Waals surface area (Å²) in [5.74, 6) is 0.428. The Kier molecular flexibility index (Phi) is 7.36. The van der Waals surface area contributed by atoms with Crippen LogP contribution in [0.25, 0.3) is 16.8 Å². The van der Waals surface area contributed by atoms with Crippen molar-refractivity contribution in [2.75, 3.05) is 13.2 Å². The zero-order valence-corrected chi connectivity index (χ0v) is 18.9. The van der Waals surface area contributed by atoms with Gasteiger partial charge in [0, 0.05) is 29.4 Å². The van der Waals surface area contributed by atoms with Gasteiger partial charge >= 0.3 is 5.97 Å². The largest absolute Gasteiger partial charge is 0.493 e. The fourth-order valence-electron chi connectivity index (χ4n) is 3.59. The lowest BCUT2D eigenvalue weighted by atomic mass is 10.1. The van der Waals surface area contributed by atoms with E-state index in [0.717, 1.165) is 24.2 Å². The highest BCUT2D eigenvalue weighted by molar-refractivity contribution is 7.09. The van der Waals surface area contributed by atoms with E-state index >= 15 is 0 Å². The second-order valence-corrected chi connectivity index (χ2v) is 8.53. The minimum Gasteiger partial charge on any atom is -0.493 e. The lowest BCUT2D eigenvalue weighted by molar-refractivity contribution is -0.137. The molecule has 0 amide bonds. The third kappa shape index (κ3) is 5.86. The average molecular weight is 443 g/mol. The van der Waals surface area contributed by atoms with Crippen LogP contribution in [-0.2, 0) is 22.4 Å². The Morgan fingerprint density at radius 1 is 0.938 bits per heavy atom. The molecule has 0 saturated carbocycles. The topological polar surface area (TPSA) is 35.5 Å². The Labute approximate surface area is 192 Å². The molecule has 4 heteroatoms. The summed E-state index contributed by atoms with van der Waals surface area (Å²) in [5, 5.41) is 4.57. The molecule has 0 spiro atoms. The van der Waals surface area contributed by atoms with Crippen LogP contribution < -0.4 is 4.74 Å². The summed E-state index contributed by atoms with van der Waals surface area (Å²) in [6.07, 6.45) is 4.88. The maximum atomic E-state index is 11.8. The predicted octanol–water partition coefficient (Wildman–Crippen LogP) is 6.69. The van der Waals surface area contributed by atoms with Crippen LogP contribution in [-0.4, -0.2) is 19.2 Å². The molecule has 0 N–H and O–H groups in total. The summed E-state index contributed by atoms with van der Waals surface area (Å²) in [6.45, 7) is 2.71. The van der Waals surface area contributed by atoms with Crippen molar-refractivity contribution >= 4 is 34.2 Å². The van der Waals surface area contributed by atoms with Crippen molar-refractivity contribution < 1.29 is 14.3 Å². The summed E-state index contributed by atoms with van der Waals surface area (Å²) in [5.41, 5.74) is 3.29. The maximum Gasteiger partial charge on any atom is 0.330 e. The number of carbonyl (C=O) groups excluding carboxylic acids is 1. The minimum absolute atomic E-state index is 0.350. The van der Waals surface area contributed by atoms with E-state index in [1.54, 1.807) is 24.3 Å². The molecule has 4 rings (SSSR count). The normalized spacial score (nSPS) is 11.2. The molecule has 1 aromatic heterocycles. The number of hydrogen-bond acceptors (Lipinski definition) is 4. The van der Waals surface area contributed by atoms with E-state index in [9.17, 15) is 4.79 Å². The molecule has 32 heavy (non-hydrogen) atoms. The van der Waals surface area contributed by atoms with Crippen LogP contribution in [0.1, 0.15) is 28.5 Å². The van der Waals surface area contributed by atoms with Gasteiger partial charge in [0.2, 0.25) is 0 Å². The smallest absolute Gasteiger partial charge is 0.330 e. The summed E-state index contributed by atoms with van der Waals surface area (Å²) in [7, 11) is 0. The summed E-state index contributed by atoms with van der Waals surface area (Å²) >= 11 is 1.75. The zero-order valence-electron chi connectivity index (χ0n) is 18.1. The van der Waals surface area contributed by atoms with E-state index in [2.05, 4.69) is 72.1 Å². The molecule has 0 atom stereocenters. The molecule has 0 unspecified atom stereocenters. The summed E-state index contributed by atoms with van der Waals surface area (Å²) < 4.78 is 11.2. The van der Waals surface area contributed by atoms with Gasteiger partial charge in [-0.15, -0.1) is 11.3 Å². The molecule has 3 nitrogen and oxygen atoms in total. The quantitative estimate of drug-likeness (QED) is 0.214. The van der Waals surface area contributed by atoms with Gasteiger partial charge in [0.1, 0.15) is 5.75 Å². The molecule has 0 bridgehead atoms.